The Morgan fingerprint density at radius 3 is 2.41 bits per heavy atom. The van der Waals surface area contributed by atoms with Gasteiger partial charge in [0, 0.05) is 6.07 Å². The van der Waals surface area contributed by atoms with E-state index in [9.17, 15) is 27.6 Å². The molecule has 0 spiro atoms. The van der Waals surface area contributed by atoms with Gasteiger partial charge in [-0.1, -0.05) is 27.2 Å². The fourth-order valence-corrected chi connectivity index (χ4v) is 2.64. The van der Waals surface area contributed by atoms with Gasteiger partial charge < -0.3 is 9.47 Å². The molecule has 29 heavy (non-hydrogen) atoms. The Morgan fingerprint density at radius 2 is 1.83 bits per heavy atom. The van der Waals surface area contributed by atoms with Gasteiger partial charge in [-0.3, -0.25) is 9.59 Å². The standard InChI is InChI=1S/C18H20F3NO5.C2H6/c1-2-3-5-26-16(23)9-12(17(24)22-4-6-27-18(22)25)7-11-8-14(20)15(21)10-13(11)19;1-2/h8,10,12H,2-7,9H2,1H3;1-2H3. The smallest absolute Gasteiger partial charge is 0.416 e. The normalized spacial score (nSPS) is 14.0. The van der Waals surface area contributed by atoms with Crippen molar-refractivity contribution in [2.75, 3.05) is 19.8 Å². The van der Waals surface area contributed by atoms with Crippen LogP contribution in [0, 0.1) is 23.4 Å². The summed E-state index contributed by atoms with van der Waals surface area (Å²) < 4.78 is 50.2. The summed E-state index contributed by atoms with van der Waals surface area (Å²) in [5.41, 5.74) is -0.277. The van der Waals surface area contributed by atoms with E-state index < -0.39 is 54.2 Å². The van der Waals surface area contributed by atoms with E-state index in [4.69, 9.17) is 9.47 Å². The van der Waals surface area contributed by atoms with Gasteiger partial charge in [-0.05, 0) is 24.5 Å². The third kappa shape index (κ3) is 7.07. The lowest BCUT2D eigenvalue weighted by Gasteiger charge is -2.20. The van der Waals surface area contributed by atoms with Gasteiger partial charge in [0.15, 0.2) is 11.6 Å². The number of ether oxygens (including phenoxy) is 2. The van der Waals surface area contributed by atoms with Crippen molar-refractivity contribution < 1.29 is 37.0 Å². The molecule has 0 aromatic heterocycles. The number of hydrogen-bond acceptors (Lipinski definition) is 5. The Kier molecular flexibility index (Phi) is 10.2. The third-order valence-electron chi connectivity index (χ3n) is 4.11. The van der Waals surface area contributed by atoms with Gasteiger partial charge in [-0.2, -0.15) is 0 Å². The van der Waals surface area contributed by atoms with E-state index in [0.717, 1.165) is 11.3 Å². The number of imide groups is 1. The van der Waals surface area contributed by atoms with E-state index in [0.29, 0.717) is 18.6 Å². The van der Waals surface area contributed by atoms with Crippen LogP contribution in [0.5, 0.6) is 0 Å². The zero-order chi connectivity index (χ0) is 22.0. The van der Waals surface area contributed by atoms with Crippen LogP contribution in [-0.2, 0) is 25.5 Å². The Bertz CT molecular complexity index is 726. The van der Waals surface area contributed by atoms with E-state index in [1.807, 2.05) is 20.8 Å². The lowest BCUT2D eigenvalue weighted by atomic mass is 9.94. The zero-order valence-corrected chi connectivity index (χ0v) is 16.8. The van der Waals surface area contributed by atoms with E-state index >= 15 is 0 Å². The van der Waals surface area contributed by atoms with Crippen LogP contribution < -0.4 is 0 Å². The molecule has 1 aliphatic heterocycles. The van der Waals surface area contributed by atoms with Gasteiger partial charge in [-0.15, -0.1) is 0 Å². The monoisotopic (exact) mass is 417 g/mol. The summed E-state index contributed by atoms with van der Waals surface area (Å²) >= 11 is 0. The lowest BCUT2D eigenvalue weighted by molar-refractivity contribution is -0.148. The number of halogens is 3. The molecule has 1 aliphatic rings. The Labute approximate surface area is 168 Å². The summed E-state index contributed by atoms with van der Waals surface area (Å²) in [7, 11) is 0. The second-order valence-corrected chi connectivity index (χ2v) is 6.14. The first-order valence-electron chi connectivity index (χ1n) is 9.60. The molecule has 0 N–H and O–H groups in total. The van der Waals surface area contributed by atoms with Gasteiger partial charge in [0.25, 0.3) is 0 Å². The minimum Gasteiger partial charge on any atom is -0.466 e. The highest BCUT2D eigenvalue weighted by atomic mass is 19.2. The van der Waals surface area contributed by atoms with Crippen molar-refractivity contribution in [2.45, 2.75) is 46.5 Å². The number of carbonyl (C=O) groups is 3. The molecular weight excluding hydrogens is 391 g/mol. The number of rotatable bonds is 8. The fourth-order valence-electron chi connectivity index (χ4n) is 2.64. The molecule has 0 aliphatic carbocycles. The van der Waals surface area contributed by atoms with Crippen molar-refractivity contribution in [3.05, 3.63) is 35.1 Å². The van der Waals surface area contributed by atoms with E-state index in [-0.39, 0.29) is 25.3 Å². The summed E-state index contributed by atoms with van der Waals surface area (Å²) in [6.45, 7) is 6.09. The van der Waals surface area contributed by atoms with Crippen LogP contribution in [0.1, 0.15) is 45.6 Å². The van der Waals surface area contributed by atoms with Crippen molar-refractivity contribution in [1.29, 1.82) is 0 Å². The highest BCUT2D eigenvalue weighted by Gasteiger charge is 2.35. The van der Waals surface area contributed by atoms with Gasteiger partial charge in [-0.25, -0.2) is 22.9 Å². The van der Waals surface area contributed by atoms with Crippen molar-refractivity contribution in [2.24, 2.45) is 5.92 Å². The molecule has 1 aromatic carbocycles. The zero-order valence-electron chi connectivity index (χ0n) is 16.8. The average molecular weight is 417 g/mol. The SMILES string of the molecule is CC.CCCCOC(=O)CC(Cc1cc(F)c(F)cc1F)C(=O)N1CCOC1=O. The largest absolute Gasteiger partial charge is 0.466 e. The van der Waals surface area contributed by atoms with Crippen LogP contribution in [0.15, 0.2) is 12.1 Å². The molecule has 0 bridgehead atoms. The Morgan fingerprint density at radius 1 is 1.17 bits per heavy atom. The molecule has 0 saturated carbocycles. The average Bonchev–Trinajstić information content (AvgIpc) is 3.12. The van der Waals surface area contributed by atoms with Crippen molar-refractivity contribution in [1.82, 2.24) is 4.90 Å². The molecule has 1 atom stereocenters. The second-order valence-electron chi connectivity index (χ2n) is 6.14. The molecule has 2 rings (SSSR count). The predicted octanol–water partition coefficient (Wildman–Crippen LogP) is 4.00. The van der Waals surface area contributed by atoms with Crippen LogP contribution in [-0.4, -0.2) is 42.6 Å². The van der Waals surface area contributed by atoms with Crippen molar-refractivity contribution >= 4 is 18.0 Å². The Balaban J connectivity index is 0.00000204. The number of nitrogens with zero attached hydrogens (tertiary/aromatic N) is 1. The van der Waals surface area contributed by atoms with E-state index in [2.05, 4.69) is 0 Å². The molecule has 1 unspecified atom stereocenters. The number of esters is 1. The maximum Gasteiger partial charge on any atom is 0.416 e. The fraction of sp³-hybridized carbons (Fsp3) is 0.550. The van der Waals surface area contributed by atoms with Crippen LogP contribution >= 0.6 is 0 Å². The third-order valence-corrected chi connectivity index (χ3v) is 4.11. The first-order valence-corrected chi connectivity index (χ1v) is 9.60. The minimum absolute atomic E-state index is 0.000684. The highest BCUT2D eigenvalue weighted by molar-refractivity contribution is 5.95. The van der Waals surface area contributed by atoms with Crippen molar-refractivity contribution in [3.8, 4) is 0 Å². The number of carbonyl (C=O) groups excluding carboxylic acids is 3. The summed E-state index contributed by atoms with van der Waals surface area (Å²) in [6, 6.07) is 1.01. The topological polar surface area (TPSA) is 72.9 Å². The molecule has 162 valence electrons. The lowest BCUT2D eigenvalue weighted by Crippen LogP contribution is -2.38. The summed E-state index contributed by atoms with van der Waals surface area (Å²) in [4.78, 5) is 37.0. The molecule has 1 saturated heterocycles. The van der Waals surface area contributed by atoms with Crippen LogP contribution in [0.4, 0.5) is 18.0 Å². The molecule has 2 amide bonds. The number of amides is 2. The predicted molar refractivity (Wildman–Crippen MR) is 98.4 cm³/mol. The number of hydrogen-bond donors (Lipinski definition) is 0. The molecular formula is C20H26F3NO5. The first kappa shape index (κ1) is 24.5. The molecule has 1 fully saturated rings. The maximum atomic E-state index is 14.0. The summed E-state index contributed by atoms with van der Waals surface area (Å²) in [6.07, 6.45) is -0.245. The molecule has 1 heterocycles. The van der Waals surface area contributed by atoms with Crippen LogP contribution in [0.3, 0.4) is 0 Å². The number of benzene rings is 1. The van der Waals surface area contributed by atoms with Crippen LogP contribution in [0.2, 0.25) is 0 Å². The highest BCUT2D eigenvalue weighted by Crippen LogP contribution is 2.22. The molecule has 1 aromatic rings. The van der Waals surface area contributed by atoms with Gasteiger partial charge in [0.2, 0.25) is 5.91 Å². The van der Waals surface area contributed by atoms with E-state index in [1.165, 1.54) is 0 Å². The van der Waals surface area contributed by atoms with Gasteiger partial charge in [0.1, 0.15) is 12.4 Å². The van der Waals surface area contributed by atoms with Crippen molar-refractivity contribution in [3.63, 3.8) is 0 Å². The van der Waals surface area contributed by atoms with Gasteiger partial charge >= 0.3 is 12.1 Å². The second kappa shape index (κ2) is 12.1. The van der Waals surface area contributed by atoms with Crippen LogP contribution in [0.25, 0.3) is 0 Å². The summed E-state index contributed by atoms with van der Waals surface area (Å²) in [5, 5.41) is 0. The molecule has 9 heteroatoms. The minimum atomic E-state index is -1.36. The molecule has 6 nitrogen and oxygen atoms in total. The maximum absolute atomic E-state index is 14.0. The Hall–Kier alpha value is -2.58. The van der Waals surface area contributed by atoms with Gasteiger partial charge in [0.05, 0.1) is 25.5 Å². The number of unbranched alkanes of at least 4 members (excludes halogenated alkanes) is 1. The number of cyclic esters (lactones) is 1. The molecule has 0 radical (unpaired) electrons. The first-order chi connectivity index (χ1) is 13.8. The quantitative estimate of drug-likeness (QED) is 0.363. The summed E-state index contributed by atoms with van der Waals surface area (Å²) in [5.74, 6) is -6.31. The van der Waals surface area contributed by atoms with E-state index in [1.54, 1.807) is 0 Å².